The zero-order valence-electron chi connectivity index (χ0n) is 8.98. The number of carbonyl (C=O) groups excluding carboxylic acids is 2. The highest BCUT2D eigenvalue weighted by molar-refractivity contribution is 6.04. The number of rotatable bonds is 1. The summed E-state index contributed by atoms with van der Waals surface area (Å²) in [5.41, 5.74) is 1.46. The number of fused-ring (bicyclic) bond motifs is 1. The van der Waals surface area contributed by atoms with Crippen molar-refractivity contribution in [2.75, 3.05) is 0 Å². The lowest BCUT2D eigenvalue weighted by atomic mass is 10.2. The summed E-state index contributed by atoms with van der Waals surface area (Å²) in [7, 11) is 0. The van der Waals surface area contributed by atoms with Crippen molar-refractivity contribution < 1.29 is 14.0 Å². The number of furan rings is 1. The molecule has 1 fully saturated rings. The maximum Gasteiger partial charge on any atom is 0.322 e. The second-order valence-corrected chi connectivity index (χ2v) is 3.91. The number of amides is 3. The number of aryl methyl sites for hydroxylation is 1. The zero-order chi connectivity index (χ0) is 12.0. The van der Waals surface area contributed by atoms with Crippen molar-refractivity contribution >= 4 is 22.9 Å². The van der Waals surface area contributed by atoms with E-state index in [0.717, 1.165) is 11.1 Å². The highest BCUT2D eigenvalue weighted by Gasteiger charge is 2.33. The van der Waals surface area contributed by atoms with Crippen LogP contribution < -0.4 is 10.6 Å². The first kappa shape index (κ1) is 9.83. The summed E-state index contributed by atoms with van der Waals surface area (Å²) in [5, 5.41) is 5.50. The lowest BCUT2D eigenvalue weighted by Gasteiger charge is -2.00. The molecule has 3 amide bonds. The van der Waals surface area contributed by atoms with E-state index in [4.69, 9.17) is 4.42 Å². The van der Waals surface area contributed by atoms with Gasteiger partial charge in [0.25, 0.3) is 5.91 Å². The summed E-state index contributed by atoms with van der Waals surface area (Å²) in [5.74, 6) is 0.00878. The summed E-state index contributed by atoms with van der Waals surface area (Å²) in [6.07, 6.45) is 1.60. The van der Waals surface area contributed by atoms with Gasteiger partial charge in [0.05, 0.1) is 6.20 Å². The fourth-order valence-electron chi connectivity index (χ4n) is 1.84. The third-order valence-corrected chi connectivity index (χ3v) is 2.62. The fraction of sp³-hybridized carbons (Fsp3) is 0.182. The van der Waals surface area contributed by atoms with Crippen LogP contribution in [0.5, 0.6) is 0 Å². The third kappa shape index (κ3) is 1.54. The first-order valence-electron chi connectivity index (χ1n) is 5.11. The minimum absolute atomic E-state index is 0.404. The molecule has 0 aliphatic carbocycles. The van der Waals surface area contributed by atoms with Crippen molar-refractivity contribution in [3.8, 4) is 0 Å². The maximum atomic E-state index is 11.5. The van der Waals surface area contributed by atoms with Gasteiger partial charge in [-0.15, -0.1) is 0 Å². The molecule has 3 rings (SSSR count). The Kier molecular flexibility index (Phi) is 1.91. The Morgan fingerprint density at radius 1 is 1.35 bits per heavy atom. The van der Waals surface area contributed by atoms with Crippen LogP contribution in [-0.2, 0) is 4.79 Å². The smallest absolute Gasteiger partial charge is 0.322 e. The van der Waals surface area contributed by atoms with E-state index in [2.05, 4.69) is 15.6 Å². The van der Waals surface area contributed by atoms with Crippen molar-refractivity contribution in [1.82, 2.24) is 15.6 Å². The Bertz CT molecular complexity index is 632. The van der Waals surface area contributed by atoms with Gasteiger partial charge in [-0.1, -0.05) is 0 Å². The molecule has 1 saturated heterocycles. The van der Waals surface area contributed by atoms with Crippen molar-refractivity contribution in [3.05, 3.63) is 29.8 Å². The normalized spacial score (nSPS) is 19.5. The van der Waals surface area contributed by atoms with Crippen molar-refractivity contribution in [2.45, 2.75) is 13.0 Å². The molecule has 0 bridgehead atoms. The van der Waals surface area contributed by atoms with Gasteiger partial charge in [0.2, 0.25) is 0 Å². The monoisotopic (exact) mass is 231 g/mol. The summed E-state index contributed by atoms with van der Waals surface area (Å²) in [4.78, 5) is 26.6. The predicted octanol–water partition coefficient (Wildman–Crippen LogP) is 1.02. The molecule has 6 heteroatoms. The molecule has 0 radical (unpaired) electrons. The molecule has 0 aromatic carbocycles. The molecule has 2 aromatic heterocycles. The molecule has 0 unspecified atom stereocenters. The van der Waals surface area contributed by atoms with Gasteiger partial charge in [0.15, 0.2) is 11.6 Å². The molecule has 2 N–H and O–H groups in total. The Morgan fingerprint density at radius 3 is 2.88 bits per heavy atom. The number of pyridine rings is 1. The van der Waals surface area contributed by atoms with Gasteiger partial charge in [0, 0.05) is 11.1 Å². The van der Waals surface area contributed by atoms with Crippen molar-refractivity contribution in [2.24, 2.45) is 0 Å². The highest BCUT2D eigenvalue weighted by Crippen LogP contribution is 2.25. The van der Waals surface area contributed by atoms with Gasteiger partial charge in [-0.3, -0.25) is 15.1 Å². The molecule has 2 aromatic rings. The van der Waals surface area contributed by atoms with Gasteiger partial charge >= 0.3 is 6.03 Å². The fourth-order valence-corrected chi connectivity index (χ4v) is 1.84. The SMILES string of the molecule is Cc1cc2cc([C@@H]3NC(=O)NC3=O)oc2cn1. The van der Waals surface area contributed by atoms with Crippen LogP contribution in [0.15, 0.2) is 22.7 Å². The molecule has 3 heterocycles. The Labute approximate surface area is 96.0 Å². The maximum absolute atomic E-state index is 11.5. The summed E-state index contributed by atoms with van der Waals surface area (Å²) in [6, 6.07) is 2.33. The molecule has 1 atom stereocenters. The number of hydrogen-bond donors (Lipinski definition) is 2. The van der Waals surface area contributed by atoms with E-state index in [0.29, 0.717) is 11.3 Å². The third-order valence-electron chi connectivity index (χ3n) is 2.62. The summed E-state index contributed by atoms with van der Waals surface area (Å²) >= 11 is 0. The van der Waals surface area contributed by atoms with Crippen molar-refractivity contribution in [3.63, 3.8) is 0 Å². The van der Waals surface area contributed by atoms with Gasteiger partial charge in [-0.25, -0.2) is 4.79 Å². The van der Waals surface area contributed by atoms with E-state index in [1.807, 2.05) is 13.0 Å². The lowest BCUT2D eigenvalue weighted by molar-refractivity contribution is -0.120. The summed E-state index contributed by atoms with van der Waals surface area (Å²) in [6.45, 7) is 1.87. The molecule has 17 heavy (non-hydrogen) atoms. The van der Waals surface area contributed by atoms with E-state index in [1.54, 1.807) is 12.3 Å². The lowest BCUT2D eigenvalue weighted by Crippen LogP contribution is -2.22. The first-order chi connectivity index (χ1) is 8.13. The largest absolute Gasteiger partial charge is 0.457 e. The number of nitrogens with one attached hydrogen (secondary N) is 2. The Hall–Kier alpha value is -2.37. The van der Waals surface area contributed by atoms with Crippen molar-refractivity contribution in [1.29, 1.82) is 0 Å². The number of aromatic nitrogens is 1. The molecule has 0 saturated carbocycles. The van der Waals surface area contributed by atoms with Crippen LogP contribution in [0.25, 0.3) is 11.0 Å². The molecule has 1 aliphatic heterocycles. The number of carbonyl (C=O) groups is 2. The molecule has 0 spiro atoms. The van der Waals surface area contributed by atoms with Gasteiger partial charge in [0.1, 0.15) is 5.76 Å². The molecule has 6 nitrogen and oxygen atoms in total. The van der Waals surface area contributed by atoms with Crippen LogP contribution in [0.3, 0.4) is 0 Å². The molecular weight excluding hydrogens is 222 g/mol. The predicted molar refractivity (Wildman–Crippen MR) is 58.2 cm³/mol. The first-order valence-corrected chi connectivity index (χ1v) is 5.11. The zero-order valence-corrected chi connectivity index (χ0v) is 8.98. The molecular formula is C11H9N3O3. The Morgan fingerprint density at radius 2 is 2.18 bits per heavy atom. The average molecular weight is 231 g/mol. The minimum Gasteiger partial charge on any atom is -0.457 e. The summed E-state index contributed by atoms with van der Waals surface area (Å²) < 4.78 is 5.49. The topological polar surface area (TPSA) is 84.2 Å². The van der Waals surface area contributed by atoms with Crippen LogP contribution in [-0.4, -0.2) is 16.9 Å². The molecule has 86 valence electrons. The van der Waals surface area contributed by atoms with Crippen LogP contribution in [0.2, 0.25) is 0 Å². The number of hydrogen-bond acceptors (Lipinski definition) is 4. The van der Waals surface area contributed by atoms with E-state index < -0.39 is 18.0 Å². The standard InChI is InChI=1S/C11H9N3O3/c1-5-2-6-3-7(17-8(6)4-12-5)9-10(15)14-11(16)13-9/h2-4,9H,1H3,(H2,13,14,15,16)/t9-/m0/s1. The average Bonchev–Trinajstić information content (AvgIpc) is 2.80. The van der Waals surface area contributed by atoms with E-state index in [9.17, 15) is 9.59 Å². The minimum atomic E-state index is -0.754. The van der Waals surface area contributed by atoms with Gasteiger partial charge in [-0.05, 0) is 19.1 Å². The van der Waals surface area contributed by atoms with Crippen LogP contribution >= 0.6 is 0 Å². The van der Waals surface area contributed by atoms with Crippen LogP contribution in [0.1, 0.15) is 17.5 Å². The van der Waals surface area contributed by atoms with E-state index >= 15 is 0 Å². The van der Waals surface area contributed by atoms with Gasteiger partial charge in [-0.2, -0.15) is 0 Å². The second-order valence-electron chi connectivity index (χ2n) is 3.91. The van der Waals surface area contributed by atoms with Gasteiger partial charge < -0.3 is 9.73 Å². The highest BCUT2D eigenvalue weighted by atomic mass is 16.3. The van der Waals surface area contributed by atoms with Crippen LogP contribution in [0.4, 0.5) is 4.79 Å². The quantitative estimate of drug-likeness (QED) is 0.717. The second kappa shape index (κ2) is 3.31. The number of imide groups is 1. The Balaban J connectivity index is 2.06. The van der Waals surface area contributed by atoms with E-state index in [-0.39, 0.29) is 0 Å². The van der Waals surface area contributed by atoms with Crippen LogP contribution in [0, 0.1) is 6.92 Å². The number of urea groups is 1. The van der Waals surface area contributed by atoms with E-state index in [1.165, 1.54) is 0 Å². The molecule has 1 aliphatic rings. The number of nitrogens with zero attached hydrogens (tertiary/aromatic N) is 1.